The molecule has 4 nitrogen and oxygen atoms in total. The second-order valence-electron chi connectivity index (χ2n) is 8.13. The molecule has 0 radical (unpaired) electrons. The molecular formula is C18H26ClN3O. The summed E-state index contributed by atoms with van der Waals surface area (Å²) >= 11 is 6.17. The summed E-state index contributed by atoms with van der Waals surface area (Å²) in [7, 11) is 0. The van der Waals surface area contributed by atoms with Crippen LogP contribution in [0, 0.1) is 23.2 Å². The summed E-state index contributed by atoms with van der Waals surface area (Å²) in [6.45, 7) is 3.29. The van der Waals surface area contributed by atoms with Gasteiger partial charge in [0.15, 0.2) is 0 Å². The summed E-state index contributed by atoms with van der Waals surface area (Å²) in [5.74, 6) is 2.87. The Bertz CT molecular complexity index is 574. The Morgan fingerprint density at radius 1 is 1.30 bits per heavy atom. The minimum atomic E-state index is 0.187. The average Bonchev–Trinajstić information content (AvgIpc) is 2.83. The number of aryl methyl sites for hydroxylation is 1. The lowest BCUT2D eigenvalue weighted by atomic mass is 9.49. The Balaban J connectivity index is 1.38. The SMILES string of the molecule is CCn1ncc(Cl)c1CNC(=O)CC12CC3CC(CC(C3)C1)C2. The summed E-state index contributed by atoms with van der Waals surface area (Å²) in [6.07, 6.45) is 10.5. The van der Waals surface area contributed by atoms with Crippen molar-refractivity contribution < 1.29 is 4.79 Å². The highest BCUT2D eigenvalue weighted by Gasteiger charge is 2.51. The summed E-state index contributed by atoms with van der Waals surface area (Å²) in [5, 5.41) is 7.96. The fraction of sp³-hybridized carbons (Fsp3) is 0.778. The molecule has 4 fully saturated rings. The van der Waals surface area contributed by atoms with Crippen LogP contribution >= 0.6 is 11.6 Å². The van der Waals surface area contributed by atoms with Crippen molar-refractivity contribution >= 4 is 17.5 Å². The van der Waals surface area contributed by atoms with Crippen LogP contribution in [-0.4, -0.2) is 15.7 Å². The molecule has 0 unspecified atom stereocenters. The van der Waals surface area contributed by atoms with Crippen LogP contribution in [-0.2, 0) is 17.9 Å². The Kier molecular flexibility index (Phi) is 3.91. The molecule has 1 aromatic heterocycles. The highest BCUT2D eigenvalue weighted by atomic mass is 35.5. The standard InChI is InChI=1S/C18H26ClN3O/c1-2-22-16(15(19)10-21-22)11-20-17(23)9-18-6-12-3-13(7-18)5-14(4-12)8-18/h10,12-14H,2-9,11H2,1H3,(H,20,23). The van der Waals surface area contributed by atoms with Crippen molar-refractivity contribution in [1.82, 2.24) is 15.1 Å². The molecule has 0 atom stereocenters. The molecule has 1 heterocycles. The van der Waals surface area contributed by atoms with Crippen LogP contribution in [0.5, 0.6) is 0 Å². The molecule has 23 heavy (non-hydrogen) atoms. The molecule has 126 valence electrons. The van der Waals surface area contributed by atoms with Gasteiger partial charge in [-0.3, -0.25) is 9.48 Å². The normalized spacial score (nSPS) is 34.8. The molecule has 0 aliphatic heterocycles. The summed E-state index contributed by atoms with van der Waals surface area (Å²) in [5.41, 5.74) is 1.21. The van der Waals surface area contributed by atoms with Crippen LogP contribution in [0.4, 0.5) is 0 Å². The van der Waals surface area contributed by atoms with E-state index in [1.807, 2.05) is 11.6 Å². The second-order valence-corrected chi connectivity index (χ2v) is 8.53. The van der Waals surface area contributed by atoms with Crippen LogP contribution in [0.15, 0.2) is 6.20 Å². The number of nitrogens with one attached hydrogen (secondary N) is 1. The van der Waals surface area contributed by atoms with E-state index in [4.69, 9.17) is 11.6 Å². The Morgan fingerprint density at radius 2 is 1.91 bits per heavy atom. The highest BCUT2D eigenvalue weighted by molar-refractivity contribution is 6.31. The van der Waals surface area contributed by atoms with E-state index >= 15 is 0 Å². The van der Waals surface area contributed by atoms with Crippen molar-refractivity contribution in [3.05, 3.63) is 16.9 Å². The van der Waals surface area contributed by atoms with Crippen molar-refractivity contribution in [2.24, 2.45) is 23.2 Å². The van der Waals surface area contributed by atoms with Crippen molar-refractivity contribution in [2.75, 3.05) is 0 Å². The maximum atomic E-state index is 12.5. The number of aromatic nitrogens is 2. The van der Waals surface area contributed by atoms with Gasteiger partial charge in [-0.05, 0) is 68.6 Å². The van der Waals surface area contributed by atoms with Crippen molar-refractivity contribution in [3.63, 3.8) is 0 Å². The molecule has 4 aliphatic carbocycles. The van der Waals surface area contributed by atoms with E-state index in [0.29, 0.717) is 23.4 Å². The van der Waals surface area contributed by atoms with Crippen LogP contribution < -0.4 is 5.32 Å². The van der Waals surface area contributed by atoms with Crippen LogP contribution in [0.3, 0.4) is 0 Å². The first-order valence-electron chi connectivity index (χ1n) is 9.04. The highest BCUT2D eigenvalue weighted by Crippen LogP contribution is 2.61. The monoisotopic (exact) mass is 335 g/mol. The molecule has 4 aliphatic rings. The third kappa shape index (κ3) is 2.90. The summed E-state index contributed by atoms with van der Waals surface area (Å²) in [6, 6.07) is 0. The van der Waals surface area contributed by atoms with Gasteiger partial charge in [0.05, 0.1) is 23.5 Å². The number of carbonyl (C=O) groups excluding carboxylic acids is 1. The number of nitrogens with zero attached hydrogens (tertiary/aromatic N) is 2. The first kappa shape index (κ1) is 15.5. The fourth-order valence-electron chi connectivity index (χ4n) is 5.93. The van der Waals surface area contributed by atoms with E-state index in [-0.39, 0.29) is 5.91 Å². The van der Waals surface area contributed by atoms with Crippen molar-refractivity contribution in [1.29, 1.82) is 0 Å². The van der Waals surface area contributed by atoms with Gasteiger partial charge in [0.2, 0.25) is 5.91 Å². The van der Waals surface area contributed by atoms with E-state index in [2.05, 4.69) is 10.4 Å². The lowest BCUT2D eigenvalue weighted by molar-refractivity contribution is -0.129. The zero-order valence-electron chi connectivity index (χ0n) is 13.9. The van der Waals surface area contributed by atoms with Gasteiger partial charge in [-0.2, -0.15) is 5.10 Å². The van der Waals surface area contributed by atoms with Gasteiger partial charge in [-0.15, -0.1) is 0 Å². The predicted molar refractivity (Wildman–Crippen MR) is 90.0 cm³/mol. The third-order valence-electron chi connectivity index (χ3n) is 6.35. The van der Waals surface area contributed by atoms with Gasteiger partial charge >= 0.3 is 0 Å². The van der Waals surface area contributed by atoms with E-state index in [9.17, 15) is 4.79 Å². The van der Waals surface area contributed by atoms with Gasteiger partial charge in [-0.1, -0.05) is 11.6 Å². The number of hydrogen-bond acceptors (Lipinski definition) is 2. The van der Waals surface area contributed by atoms with Crippen molar-refractivity contribution in [3.8, 4) is 0 Å². The predicted octanol–water partition coefficient (Wildman–Crippen LogP) is 3.78. The fourth-order valence-corrected chi connectivity index (χ4v) is 6.14. The van der Waals surface area contributed by atoms with E-state index < -0.39 is 0 Å². The zero-order valence-corrected chi connectivity index (χ0v) is 14.6. The molecule has 0 aromatic carbocycles. The maximum Gasteiger partial charge on any atom is 0.220 e. The van der Waals surface area contributed by atoms with Gasteiger partial charge < -0.3 is 5.32 Å². The molecule has 0 spiro atoms. The number of halogens is 1. The molecule has 1 aromatic rings. The third-order valence-corrected chi connectivity index (χ3v) is 6.67. The number of carbonyl (C=O) groups is 1. The van der Waals surface area contributed by atoms with Gasteiger partial charge in [0.1, 0.15) is 0 Å². The summed E-state index contributed by atoms with van der Waals surface area (Å²) < 4.78 is 1.85. The molecule has 0 saturated heterocycles. The molecule has 4 saturated carbocycles. The molecule has 4 bridgehead atoms. The topological polar surface area (TPSA) is 46.9 Å². The van der Waals surface area contributed by atoms with E-state index in [0.717, 1.165) is 30.0 Å². The van der Waals surface area contributed by atoms with Crippen LogP contribution in [0.1, 0.15) is 57.6 Å². The first-order valence-corrected chi connectivity index (χ1v) is 9.41. The maximum absolute atomic E-state index is 12.5. The lowest BCUT2D eigenvalue weighted by Crippen LogP contribution is -2.48. The van der Waals surface area contributed by atoms with Gasteiger partial charge in [-0.25, -0.2) is 0 Å². The van der Waals surface area contributed by atoms with Crippen LogP contribution in [0.2, 0.25) is 5.02 Å². The lowest BCUT2D eigenvalue weighted by Gasteiger charge is -2.56. The molecule has 5 heteroatoms. The first-order chi connectivity index (χ1) is 11.1. The van der Waals surface area contributed by atoms with E-state index in [1.165, 1.54) is 38.5 Å². The van der Waals surface area contributed by atoms with Crippen molar-refractivity contribution in [2.45, 2.75) is 65.0 Å². The number of hydrogen-bond donors (Lipinski definition) is 1. The second kappa shape index (κ2) is 5.80. The Labute approximate surface area is 143 Å². The largest absolute Gasteiger partial charge is 0.350 e. The molecule has 1 amide bonds. The summed E-state index contributed by atoms with van der Waals surface area (Å²) in [4.78, 5) is 12.5. The minimum Gasteiger partial charge on any atom is -0.350 e. The zero-order chi connectivity index (χ0) is 16.0. The molecule has 5 rings (SSSR count). The van der Waals surface area contributed by atoms with E-state index in [1.54, 1.807) is 6.20 Å². The average molecular weight is 336 g/mol. The molecule has 1 N–H and O–H groups in total. The van der Waals surface area contributed by atoms with Gasteiger partial charge in [0, 0.05) is 13.0 Å². The number of amides is 1. The number of rotatable bonds is 5. The Morgan fingerprint density at radius 3 is 2.48 bits per heavy atom. The smallest absolute Gasteiger partial charge is 0.220 e. The molecular weight excluding hydrogens is 310 g/mol. The van der Waals surface area contributed by atoms with Crippen LogP contribution in [0.25, 0.3) is 0 Å². The minimum absolute atomic E-state index is 0.187. The Hall–Kier alpha value is -1.03. The van der Waals surface area contributed by atoms with Gasteiger partial charge in [0.25, 0.3) is 0 Å². The quantitative estimate of drug-likeness (QED) is 0.890.